The van der Waals surface area contributed by atoms with Gasteiger partial charge in [-0.3, -0.25) is 9.36 Å². The zero-order valence-electron chi connectivity index (χ0n) is 18.5. The second-order valence-electron chi connectivity index (χ2n) is 7.61. The van der Waals surface area contributed by atoms with Crippen LogP contribution in [0.5, 0.6) is 5.75 Å². The molecule has 0 saturated carbocycles. The van der Waals surface area contributed by atoms with Crippen LogP contribution in [-0.4, -0.2) is 26.4 Å². The molecule has 2 aromatic carbocycles. The number of benzene rings is 2. The van der Waals surface area contributed by atoms with E-state index in [4.69, 9.17) is 4.74 Å². The number of carbonyl (C=O) groups excluding carboxylic acids is 1. The summed E-state index contributed by atoms with van der Waals surface area (Å²) >= 11 is 3.60. The van der Waals surface area contributed by atoms with Gasteiger partial charge in [0.1, 0.15) is 12.4 Å². The minimum absolute atomic E-state index is 0.0875. The van der Waals surface area contributed by atoms with Gasteiger partial charge in [0, 0.05) is 15.8 Å². The number of hydrogen-bond donors (Lipinski definition) is 1. The summed E-state index contributed by atoms with van der Waals surface area (Å²) in [4.78, 5) is 12.4. The first-order valence-electron chi connectivity index (χ1n) is 10.3. The highest BCUT2D eigenvalue weighted by atomic mass is 127. The number of ether oxygens (including phenoxy) is 1. The van der Waals surface area contributed by atoms with E-state index in [-0.39, 0.29) is 18.3 Å². The third-order valence-corrected chi connectivity index (χ3v) is 6.45. The molecule has 0 aliphatic carbocycles. The van der Waals surface area contributed by atoms with E-state index in [9.17, 15) is 4.79 Å². The smallest absolute Gasteiger partial charge is 0.234 e. The highest BCUT2D eigenvalue weighted by Crippen LogP contribution is 2.22. The molecule has 0 aliphatic rings. The summed E-state index contributed by atoms with van der Waals surface area (Å²) in [6, 6.07) is 14.0. The van der Waals surface area contributed by atoms with Gasteiger partial charge in [0.25, 0.3) is 0 Å². The van der Waals surface area contributed by atoms with E-state index in [2.05, 4.69) is 70.7 Å². The molecule has 0 saturated heterocycles. The van der Waals surface area contributed by atoms with Crippen LogP contribution in [0.4, 0.5) is 5.69 Å². The number of thioether (sulfide) groups is 1. The highest BCUT2D eigenvalue weighted by molar-refractivity contribution is 14.1. The number of carbonyl (C=O) groups is 1. The fourth-order valence-corrected chi connectivity index (χ4v) is 4.44. The zero-order valence-corrected chi connectivity index (χ0v) is 21.4. The van der Waals surface area contributed by atoms with Crippen molar-refractivity contribution in [3.63, 3.8) is 0 Å². The Balaban J connectivity index is 1.61. The summed E-state index contributed by atoms with van der Waals surface area (Å²) in [6.07, 6.45) is 1.78. The molecular weight excluding hydrogens is 535 g/mol. The Morgan fingerprint density at radius 1 is 1.25 bits per heavy atom. The fraction of sp³-hybridized carbons (Fsp3) is 0.292. The average molecular weight is 562 g/mol. The van der Waals surface area contributed by atoms with Crippen LogP contribution in [0, 0.1) is 10.5 Å². The largest absolute Gasteiger partial charge is 0.486 e. The van der Waals surface area contributed by atoms with Gasteiger partial charge in [-0.2, -0.15) is 0 Å². The molecule has 0 bridgehead atoms. The maximum atomic E-state index is 12.4. The van der Waals surface area contributed by atoms with Crippen LogP contribution in [0.2, 0.25) is 0 Å². The van der Waals surface area contributed by atoms with Crippen LogP contribution in [0.15, 0.2) is 60.3 Å². The Kier molecular flexibility index (Phi) is 8.75. The summed E-state index contributed by atoms with van der Waals surface area (Å²) in [7, 11) is 0. The number of anilines is 1. The molecule has 1 aromatic heterocycles. The number of aromatic nitrogens is 3. The number of halogens is 1. The quantitative estimate of drug-likeness (QED) is 0.192. The molecule has 0 atom stereocenters. The first kappa shape index (κ1) is 24.3. The van der Waals surface area contributed by atoms with Gasteiger partial charge in [0.15, 0.2) is 11.0 Å². The van der Waals surface area contributed by atoms with Gasteiger partial charge in [-0.05, 0) is 76.9 Å². The van der Waals surface area contributed by atoms with Gasteiger partial charge in [-0.25, -0.2) is 0 Å². The molecule has 8 heteroatoms. The molecule has 0 aliphatic heterocycles. The van der Waals surface area contributed by atoms with Crippen molar-refractivity contribution in [3.05, 3.63) is 75.6 Å². The molecule has 1 amide bonds. The standard InChI is InChI=1S/C24H27IN4O2S/c1-5-12-29-22(14-31-20-9-6-18(7-10-20)16(2)3)27-28-24(29)32-15-23(30)26-21-11-8-19(25)13-17(21)4/h5-11,13,16H,1,12,14-15H2,2-4H3,(H,26,30). The van der Waals surface area contributed by atoms with Gasteiger partial charge in [0.05, 0.1) is 5.75 Å². The van der Waals surface area contributed by atoms with Crippen molar-refractivity contribution in [1.29, 1.82) is 0 Å². The SMILES string of the molecule is C=CCn1c(COc2ccc(C(C)C)cc2)nnc1SCC(=O)Nc1ccc(I)cc1C. The van der Waals surface area contributed by atoms with E-state index in [1.807, 2.05) is 41.8 Å². The number of rotatable bonds is 10. The van der Waals surface area contributed by atoms with E-state index < -0.39 is 0 Å². The monoisotopic (exact) mass is 562 g/mol. The summed E-state index contributed by atoms with van der Waals surface area (Å²) in [5, 5.41) is 12.1. The molecule has 1 heterocycles. The highest BCUT2D eigenvalue weighted by Gasteiger charge is 2.15. The first-order valence-corrected chi connectivity index (χ1v) is 12.4. The van der Waals surface area contributed by atoms with E-state index in [0.29, 0.717) is 23.4 Å². The topological polar surface area (TPSA) is 69.0 Å². The van der Waals surface area contributed by atoms with Gasteiger partial charge in [0.2, 0.25) is 5.91 Å². The molecule has 1 N–H and O–H groups in total. The molecule has 0 fully saturated rings. The Labute approximate surface area is 207 Å². The van der Waals surface area contributed by atoms with Crippen molar-refractivity contribution >= 4 is 45.9 Å². The van der Waals surface area contributed by atoms with E-state index >= 15 is 0 Å². The number of amides is 1. The van der Waals surface area contributed by atoms with E-state index in [1.165, 1.54) is 17.3 Å². The normalized spacial score (nSPS) is 10.9. The predicted octanol–water partition coefficient (Wildman–Crippen LogP) is 5.81. The molecule has 0 radical (unpaired) electrons. The number of hydrogen-bond acceptors (Lipinski definition) is 5. The number of aryl methyl sites for hydroxylation is 1. The second kappa shape index (κ2) is 11.5. The van der Waals surface area contributed by atoms with Crippen molar-refractivity contribution in [2.45, 2.75) is 45.0 Å². The Hall–Kier alpha value is -2.33. The Morgan fingerprint density at radius 3 is 2.66 bits per heavy atom. The van der Waals surface area contributed by atoms with Crippen molar-refractivity contribution in [3.8, 4) is 5.75 Å². The van der Waals surface area contributed by atoms with Gasteiger partial charge in [-0.15, -0.1) is 16.8 Å². The lowest BCUT2D eigenvalue weighted by Crippen LogP contribution is -2.15. The summed E-state index contributed by atoms with van der Waals surface area (Å²) in [6.45, 7) is 11.0. The fourth-order valence-electron chi connectivity index (χ4n) is 3.03. The van der Waals surface area contributed by atoms with Crippen molar-refractivity contribution < 1.29 is 9.53 Å². The van der Waals surface area contributed by atoms with E-state index in [1.54, 1.807) is 6.08 Å². The summed E-state index contributed by atoms with van der Waals surface area (Å²) in [5.74, 6) is 2.10. The molecule has 3 aromatic rings. The van der Waals surface area contributed by atoms with Crippen LogP contribution in [0.3, 0.4) is 0 Å². The van der Waals surface area contributed by atoms with Crippen LogP contribution in [-0.2, 0) is 17.9 Å². The maximum absolute atomic E-state index is 12.4. The Morgan fingerprint density at radius 2 is 2.00 bits per heavy atom. The maximum Gasteiger partial charge on any atom is 0.234 e. The third-order valence-electron chi connectivity index (χ3n) is 4.81. The van der Waals surface area contributed by atoms with Crippen LogP contribution >= 0.6 is 34.4 Å². The lowest BCUT2D eigenvalue weighted by molar-refractivity contribution is -0.113. The number of nitrogens with one attached hydrogen (secondary N) is 1. The first-order chi connectivity index (χ1) is 15.4. The second-order valence-corrected chi connectivity index (χ2v) is 9.79. The van der Waals surface area contributed by atoms with Crippen molar-refractivity contribution in [1.82, 2.24) is 14.8 Å². The van der Waals surface area contributed by atoms with Crippen molar-refractivity contribution in [2.24, 2.45) is 0 Å². The molecule has 3 rings (SSSR count). The van der Waals surface area contributed by atoms with Crippen LogP contribution in [0.1, 0.15) is 36.7 Å². The zero-order chi connectivity index (χ0) is 23.1. The van der Waals surface area contributed by atoms with Crippen molar-refractivity contribution in [2.75, 3.05) is 11.1 Å². The lowest BCUT2D eigenvalue weighted by Gasteiger charge is -2.11. The lowest BCUT2D eigenvalue weighted by atomic mass is 10.0. The summed E-state index contributed by atoms with van der Waals surface area (Å²) < 4.78 is 8.96. The Bertz CT molecular complexity index is 1080. The molecule has 6 nitrogen and oxygen atoms in total. The number of allylic oxidation sites excluding steroid dienone is 1. The minimum Gasteiger partial charge on any atom is -0.486 e. The van der Waals surface area contributed by atoms with Crippen LogP contribution in [0.25, 0.3) is 0 Å². The van der Waals surface area contributed by atoms with E-state index in [0.717, 1.165) is 20.6 Å². The molecule has 32 heavy (non-hydrogen) atoms. The molecule has 0 spiro atoms. The van der Waals surface area contributed by atoms with Gasteiger partial charge in [-0.1, -0.05) is 43.8 Å². The average Bonchev–Trinajstić information content (AvgIpc) is 3.15. The predicted molar refractivity (Wildman–Crippen MR) is 138 cm³/mol. The summed E-state index contributed by atoms with van der Waals surface area (Å²) in [5.41, 5.74) is 3.12. The van der Waals surface area contributed by atoms with Gasteiger partial charge >= 0.3 is 0 Å². The molecule has 0 unspecified atom stereocenters. The molecular formula is C24H27IN4O2S. The molecule has 168 valence electrons. The van der Waals surface area contributed by atoms with Gasteiger partial charge < -0.3 is 10.1 Å². The van der Waals surface area contributed by atoms with Crippen LogP contribution < -0.4 is 10.1 Å². The number of nitrogens with zero attached hydrogens (tertiary/aromatic N) is 3. The third kappa shape index (κ3) is 6.59. The minimum atomic E-state index is -0.0875.